The first-order valence-electron chi connectivity index (χ1n) is 9.17. The van der Waals surface area contributed by atoms with Crippen molar-refractivity contribution in [1.82, 2.24) is 14.9 Å². The summed E-state index contributed by atoms with van der Waals surface area (Å²) in [5.74, 6) is 0.879. The van der Waals surface area contributed by atoms with Gasteiger partial charge in [0.1, 0.15) is 11.5 Å². The van der Waals surface area contributed by atoms with Crippen molar-refractivity contribution in [3.63, 3.8) is 0 Å². The molecule has 0 spiro atoms. The van der Waals surface area contributed by atoms with E-state index in [1.807, 2.05) is 25.1 Å². The van der Waals surface area contributed by atoms with Gasteiger partial charge in [0.25, 0.3) is 5.91 Å². The molecule has 1 atom stereocenters. The number of nitrogens with one attached hydrogen (secondary N) is 1. The highest BCUT2D eigenvalue weighted by molar-refractivity contribution is 5.95. The van der Waals surface area contributed by atoms with Gasteiger partial charge in [-0.05, 0) is 25.3 Å². The summed E-state index contributed by atoms with van der Waals surface area (Å²) in [4.78, 5) is 17.6. The summed E-state index contributed by atoms with van der Waals surface area (Å²) >= 11 is 0. The topological polar surface area (TPSA) is 46.9 Å². The lowest BCUT2D eigenvalue weighted by Crippen LogP contribution is -2.45. The fourth-order valence-corrected chi connectivity index (χ4v) is 3.64. The zero-order valence-electron chi connectivity index (χ0n) is 15.2. The van der Waals surface area contributed by atoms with Crippen LogP contribution in [0.1, 0.15) is 34.2 Å². The Balaban J connectivity index is 1.72. The number of imidazole rings is 1. The number of nitrogens with zero attached hydrogens (tertiary/aromatic N) is 2. The molecule has 3 aromatic rings. The van der Waals surface area contributed by atoms with Crippen molar-refractivity contribution in [3.05, 3.63) is 77.1 Å². The van der Waals surface area contributed by atoms with Crippen molar-refractivity contribution in [2.75, 3.05) is 0 Å². The third-order valence-corrected chi connectivity index (χ3v) is 4.96. The van der Waals surface area contributed by atoms with Gasteiger partial charge in [-0.2, -0.15) is 0 Å². The Labute approximate surface area is 153 Å². The van der Waals surface area contributed by atoms with Gasteiger partial charge in [0, 0.05) is 12.1 Å². The van der Waals surface area contributed by atoms with Crippen LogP contribution in [0, 0.1) is 6.92 Å². The molecule has 0 saturated heterocycles. The molecule has 132 valence electrons. The van der Waals surface area contributed by atoms with E-state index >= 15 is 0 Å². The number of rotatable bonds is 4. The van der Waals surface area contributed by atoms with Crippen molar-refractivity contribution in [3.8, 4) is 11.4 Å². The number of hydrogen-bond donors (Lipinski definition) is 1. The van der Waals surface area contributed by atoms with E-state index in [0.29, 0.717) is 5.69 Å². The molecule has 0 aliphatic carbocycles. The zero-order chi connectivity index (χ0) is 18.1. The number of aryl methyl sites for hydroxylation is 2. The summed E-state index contributed by atoms with van der Waals surface area (Å²) in [6.07, 6.45) is 1.57. The molecule has 26 heavy (non-hydrogen) atoms. The SMILES string of the molecule is CCc1nc(-c2ccc(C)cc2)n2c1C(=O)N[C@@H](Cc1ccccc1)C2. The van der Waals surface area contributed by atoms with Gasteiger partial charge in [-0.25, -0.2) is 4.98 Å². The quantitative estimate of drug-likeness (QED) is 0.782. The fraction of sp³-hybridized carbons (Fsp3) is 0.273. The van der Waals surface area contributed by atoms with E-state index in [1.165, 1.54) is 11.1 Å². The van der Waals surface area contributed by atoms with Crippen LogP contribution in [0.25, 0.3) is 11.4 Å². The molecule has 0 unspecified atom stereocenters. The van der Waals surface area contributed by atoms with E-state index in [2.05, 4.69) is 53.2 Å². The molecular weight excluding hydrogens is 322 g/mol. The van der Waals surface area contributed by atoms with Crippen LogP contribution in [0.15, 0.2) is 54.6 Å². The molecule has 1 aromatic heterocycles. The van der Waals surface area contributed by atoms with E-state index in [1.54, 1.807) is 0 Å². The van der Waals surface area contributed by atoms with Gasteiger partial charge in [0.05, 0.1) is 11.7 Å². The van der Waals surface area contributed by atoms with E-state index in [4.69, 9.17) is 4.98 Å². The molecule has 1 aliphatic heterocycles. The molecule has 2 heterocycles. The van der Waals surface area contributed by atoms with E-state index in [0.717, 1.165) is 36.5 Å². The van der Waals surface area contributed by atoms with Crippen LogP contribution >= 0.6 is 0 Å². The second kappa shape index (κ2) is 6.79. The average Bonchev–Trinajstić information content (AvgIpc) is 3.02. The van der Waals surface area contributed by atoms with Crippen LogP contribution in [-0.4, -0.2) is 21.5 Å². The standard InChI is InChI=1S/C22H23N3O/c1-3-19-20-22(26)23-18(13-16-7-5-4-6-8-16)14-25(20)21(24-19)17-11-9-15(2)10-12-17/h4-12,18H,3,13-14H2,1-2H3,(H,23,26)/t18-/m0/s1. The van der Waals surface area contributed by atoms with Gasteiger partial charge in [-0.15, -0.1) is 0 Å². The third-order valence-electron chi connectivity index (χ3n) is 4.96. The van der Waals surface area contributed by atoms with Crippen LogP contribution in [0.3, 0.4) is 0 Å². The highest BCUT2D eigenvalue weighted by Gasteiger charge is 2.30. The van der Waals surface area contributed by atoms with Crippen molar-refractivity contribution in [2.24, 2.45) is 0 Å². The Morgan fingerprint density at radius 1 is 1.12 bits per heavy atom. The number of fused-ring (bicyclic) bond motifs is 1. The predicted octanol–water partition coefficient (Wildman–Crippen LogP) is 3.78. The number of amides is 1. The van der Waals surface area contributed by atoms with Crippen LogP contribution < -0.4 is 5.32 Å². The lowest BCUT2D eigenvalue weighted by Gasteiger charge is -2.27. The van der Waals surface area contributed by atoms with Crippen molar-refractivity contribution in [1.29, 1.82) is 0 Å². The zero-order valence-corrected chi connectivity index (χ0v) is 15.2. The summed E-state index contributed by atoms with van der Waals surface area (Å²) in [5, 5.41) is 3.17. The smallest absolute Gasteiger partial charge is 0.270 e. The maximum atomic E-state index is 12.8. The third kappa shape index (κ3) is 3.03. The minimum Gasteiger partial charge on any atom is -0.346 e. The lowest BCUT2D eigenvalue weighted by molar-refractivity contribution is 0.0900. The van der Waals surface area contributed by atoms with E-state index < -0.39 is 0 Å². The Morgan fingerprint density at radius 3 is 2.54 bits per heavy atom. The summed E-state index contributed by atoms with van der Waals surface area (Å²) in [5.41, 5.74) is 5.09. The number of carbonyl (C=O) groups excluding carboxylic acids is 1. The second-order valence-electron chi connectivity index (χ2n) is 6.92. The Hall–Kier alpha value is -2.88. The Bertz CT molecular complexity index is 926. The van der Waals surface area contributed by atoms with E-state index in [-0.39, 0.29) is 11.9 Å². The van der Waals surface area contributed by atoms with Gasteiger partial charge in [-0.3, -0.25) is 4.79 Å². The number of carbonyl (C=O) groups is 1. The maximum absolute atomic E-state index is 12.8. The summed E-state index contributed by atoms with van der Waals surface area (Å²) in [7, 11) is 0. The monoisotopic (exact) mass is 345 g/mol. The Kier molecular flexibility index (Phi) is 4.33. The molecule has 0 fully saturated rings. The highest BCUT2D eigenvalue weighted by Crippen LogP contribution is 2.27. The number of hydrogen-bond acceptors (Lipinski definition) is 2. The molecule has 1 N–H and O–H groups in total. The number of aromatic nitrogens is 2. The van der Waals surface area contributed by atoms with Gasteiger partial charge in [0.2, 0.25) is 0 Å². The summed E-state index contributed by atoms with van der Waals surface area (Å²) in [6.45, 7) is 4.86. The molecule has 0 bridgehead atoms. The molecule has 0 saturated carbocycles. The van der Waals surface area contributed by atoms with Crippen molar-refractivity contribution in [2.45, 2.75) is 39.3 Å². The first kappa shape index (κ1) is 16.6. The normalized spacial score (nSPS) is 16.2. The van der Waals surface area contributed by atoms with Crippen LogP contribution in [-0.2, 0) is 19.4 Å². The van der Waals surface area contributed by atoms with Gasteiger partial charge in [0.15, 0.2) is 0 Å². The van der Waals surface area contributed by atoms with Crippen LogP contribution in [0.4, 0.5) is 0 Å². The molecule has 4 nitrogen and oxygen atoms in total. The van der Waals surface area contributed by atoms with Gasteiger partial charge < -0.3 is 9.88 Å². The first-order valence-corrected chi connectivity index (χ1v) is 9.17. The predicted molar refractivity (Wildman–Crippen MR) is 103 cm³/mol. The minimum absolute atomic E-state index is 0.0140. The molecule has 1 aliphatic rings. The minimum atomic E-state index is -0.0140. The number of benzene rings is 2. The van der Waals surface area contributed by atoms with Crippen LogP contribution in [0.2, 0.25) is 0 Å². The molecule has 2 aromatic carbocycles. The van der Waals surface area contributed by atoms with Crippen LogP contribution in [0.5, 0.6) is 0 Å². The van der Waals surface area contributed by atoms with E-state index in [9.17, 15) is 4.79 Å². The highest BCUT2D eigenvalue weighted by atomic mass is 16.2. The molecule has 4 heteroatoms. The van der Waals surface area contributed by atoms with Gasteiger partial charge >= 0.3 is 0 Å². The molecule has 0 radical (unpaired) electrons. The molecule has 4 rings (SSSR count). The lowest BCUT2D eigenvalue weighted by atomic mass is 10.0. The average molecular weight is 345 g/mol. The molecular formula is C22H23N3O. The second-order valence-corrected chi connectivity index (χ2v) is 6.92. The van der Waals surface area contributed by atoms with Crippen molar-refractivity contribution < 1.29 is 4.79 Å². The first-order chi connectivity index (χ1) is 12.7. The fourth-order valence-electron chi connectivity index (χ4n) is 3.64. The summed E-state index contributed by atoms with van der Waals surface area (Å²) in [6, 6.07) is 18.7. The maximum Gasteiger partial charge on any atom is 0.270 e. The summed E-state index contributed by atoms with van der Waals surface area (Å²) < 4.78 is 2.11. The van der Waals surface area contributed by atoms with Crippen molar-refractivity contribution >= 4 is 5.91 Å². The largest absolute Gasteiger partial charge is 0.346 e. The molecule has 1 amide bonds. The van der Waals surface area contributed by atoms with Gasteiger partial charge in [-0.1, -0.05) is 67.1 Å². The Morgan fingerprint density at radius 2 is 1.85 bits per heavy atom.